The smallest absolute Gasteiger partial charge is 0.227 e. The largest absolute Gasteiger partial charge is 0.341 e. The van der Waals surface area contributed by atoms with Crippen LogP contribution in [0.5, 0.6) is 0 Å². The van der Waals surface area contributed by atoms with E-state index in [4.69, 9.17) is 5.53 Å². The molecule has 0 saturated carbocycles. The molecule has 0 N–H and O–H groups in total. The Morgan fingerprint density at radius 2 is 2.24 bits per heavy atom. The van der Waals surface area contributed by atoms with E-state index >= 15 is 0 Å². The first-order valence-electron chi connectivity index (χ1n) is 5.26. The fourth-order valence-corrected chi connectivity index (χ4v) is 1.72. The first kappa shape index (κ1) is 11.4. The second-order valence-corrected chi connectivity index (χ2v) is 3.93. The highest BCUT2D eigenvalue weighted by molar-refractivity contribution is 5.79. The van der Waals surface area contributed by atoms with Crippen LogP contribution in [0.25, 0.3) is 10.4 Å². The quantitative estimate of drug-likeness (QED) is 0.447. The van der Waals surface area contributed by atoms with Gasteiger partial charge in [-0.2, -0.15) is 0 Å². The molecule has 1 aromatic carbocycles. The Morgan fingerprint density at radius 1 is 1.53 bits per heavy atom. The second-order valence-electron chi connectivity index (χ2n) is 3.93. The number of azide groups is 1. The van der Waals surface area contributed by atoms with Gasteiger partial charge in [-0.1, -0.05) is 23.3 Å². The molecule has 1 aliphatic rings. The van der Waals surface area contributed by atoms with Crippen LogP contribution in [-0.2, 0) is 11.2 Å². The molecule has 1 amide bonds. The molecule has 1 saturated heterocycles. The van der Waals surface area contributed by atoms with Crippen LogP contribution in [0.4, 0.5) is 4.39 Å². The molecule has 0 atom stereocenters. The normalized spacial score (nSPS) is 15.0. The lowest BCUT2D eigenvalue weighted by molar-refractivity contribution is -0.134. The molecule has 0 aliphatic carbocycles. The van der Waals surface area contributed by atoms with Gasteiger partial charge in [-0.25, -0.2) is 4.39 Å². The van der Waals surface area contributed by atoms with Crippen LogP contribution >= 0.6 is 0 Å². The zero-order chi connectivity index (χ0) is 12.3. The van der Waals surface area contributed by atoms with E-state index in [-0.39, 0.29) is 24.2 Å². The van der Waals surface area contributed by atoms with Gasteiger partial charge in [0.05, 0.1) is 12.5 Å². The van der Waals surface area contributed by atoms with Crippen LogP contribution in [0.2, 0.25) is 0 Å². The lowest BCUT2D eigenvalue weighted by Crippen LogP contribution is -2.53. The Morgan fingerprint density at radius 3 is 2.88 bits per heavy atom. The number of nitrogens with zero attached hydrogens (tertiary/aromatic N) is 4. The van der Waals surface area contributed by atoms with Gasteiger partial charge >= 0.3 is 0 Å². The molecule has 6 heteroatoms. The van der Waals surface area contributed by atoms with Crippen LogP contribution in [0.1, 0.15) is 5.56 Å². The summed E-state index contributed by atoms with van der Waals surface area (Å²) in [5, 5.41) is 3.50. The number of rotatable bonds is 3. The van der Waals surface area contributed by atoms with Gasteiger partial charge in [-0.15, -0.1) is 0 Å². The monoisotopic (exact) mass is 234 g/mol. The van der Waals surface area contributed by atoms with Gasteiger partial charge in [-0.3, -0.25) is 4.79 Å². The van der Waals surface area contributed by atoms with Crippen molar-refractivity contribution in [3.05, 3.63) is 46.1 Å². The molecule has 1 fully saturated rings. The predicted octanol–water partition coefficient (Wildman–Crippen LogP) is 1.89. The third-order valence-corrected chi connectivity index (χ3v) is 2.73. The first-order chi connectivity index (χ1) is 8.20. The van der Waals surface area contributed by atoms with Crippen LogP contribution < -0.4 is 0 Å². The van der Waals surface area contributed by atoms with Crippen LogP contribution in [0.15, 0.2) is 29.4 Å². The van der Waals surface area contributed by atoms with Gasteiger partial charge < -0.3 is 4.90 Å². The summed E-state index contributed by atoms with van der Waals surface area (Å²) in [7, 11) is 0. The van der Waals surface area contributed by atoms with E-state index in [0.29, 0.717) is 18.7 Å². The summed E-state index contributed by atoms with van der Waals surface area (Å²) in [5.74, 6) is -0.507. The number of carbonyl (C=O) groups excluding carboxylic acids is 1. The molecule has 0 spiro atoms. The highest BCUT2D eigenvalue weighted by Gasteiger charge is 2.29. The van der Waals surface area contributed by atoms with Crippen molar-refractivity contribution in [2.24, 2.45) is 5.11 Å². The number of amides is 1. The van der Waals surface area contributed by atoms with Gasteiger partial charge in [0.15, 0.2) is 0 Å². The zero-order valence-electron chi connectivity index (χ0n) is 9.08. The van der Waals surface area contributed by atoms with Crippen molar-refractivity contribution in [3.8, 4) is 0 Å². The maximum atomic E-state index is 13.3. The average Bonchev–Trinajstić information content (AvgIpc) is 2.26. The molecule has 0 bridgehead atoms. The molecule has 88 valence electrons. The fraction of sp³-hybridized carbons (Fsp3) is 0.364. The molecule has 17 heavy (non-hydrogen) atoms. The molecule has 1 aromatic rings. The summed E-state index contributed by atoms with van der Waals surface area (Å²) in [6.45, 7) is 0.856. The van der Waals surface area contributed by atoms with Gasteiger partial charge in [0.2, 0.25) is 5.91 Å². The molecular weight excluding hydrogens is 223 g/mol. The first-order valence-corrected chi connectivity index (χ1v) is 5.26. The third kappa shape index (κ3) is 2.54. The van der Waals surface area contributed by atoms with Crippen molar-refractivity contribution in [1.82, 2.24) is 4.90 Å². The topological polar surface area (TPSA) is 69.1 Å². The summed E-state index contributed by atoms with van der Waals surface area (Å²) < 4.78 is 13.3. The fourth-order valence-electron chi connectivity index (χ4n) is 1.72. The van der Waals surface area contributed by atoms with Crippen molar-refractivity contribution < 1.29 is 9.18 Å². The van der Waals surface area contributed by atoms with Crippen molar-refractivity contribution in [3.63, 3.8) is 0 Å². The highest BCUT2D eigenvalue weighted by atomic mass is 19.1. The number of hydrogen-bond donors (Lipinski definition) is 0. The summed E-state index contributed by atoms with van der Waals surface area (Å²) in [6.07, 6.45) is 0.0513. The second kappa shape index (κ2) is 4.84. The van der Waals surface area contributed by atoms with E-state index in [1.807, 2.05) is 0 Å². The summed E-state index contributed by atoms with van der Waals surface area (Å²) in [6, 6.07) is 6.08. The molecule has 0 aromatic heterocycles. The van der Waals surface area contributed by atoms with E-state index in [9.17, 15) is 9.18 Å². The van der Waals surface area contributed by atoms with E-state index in [0.717, 1.165) is 0 Å². The van der Waals surface area contributed by atoms with E-state index in [1.54, 1.807) is 23.1 Å². The lowest BCUT2D eigenvalue weighted by atomic mass is 10.1. The number of carbonyl (C=O) groups is 1. The lowest BCUT2D eigenvalue weighted by Gasteiger charge is -2.36. The molecule has 1 heterocycles. The molecule has 5 nitrogen and oxygen atoms in total. The van der Waals surface area contributed by atoms with Gasteiger partial charge in [0.25, 0.3) is 0 Å². The molecule has 2 rings (SSSR count). The molecule has 1 aliphatic heterocycles. The number of likely N-dealkylation sites (tertiary alicyclic amines) is 1. The average molecular weight is 234 g/mol. The van der Waals surface area contributed by atoms with Crippen molar-refractivity contribution in [2.75, 3.05) is 13.1 Å². The Bertz CT molecular complexity index is 478. The Labute approximate surface area is 97.5 Å². The van der Waals surface area contributed by atoms with Crippen molar-refractivity contribution in [2.45, 2.75) is 12.5 Å². The summed E-state index contributed by atoms with van der Waals surface area (Å²) >= 11 is 0. The van der Waals surface area contributed by atoms with E-state index in [1.165, 1.54) is 6.07 Å². The van der Waals surface area contributed by atoms with Gasteiger partial charge in [-0.05, 0) is 17.2 Å². The summed E-state index contributed by atoms with van der Waals surface area (Å²) in [5.41, 5.74) is 8.60. The molecular formula is C11H11FN4O. The predicted molar refractivity (Wildman–Crippen MR) is 59.6 cm³/mol. The minimum atomic E-state index is -0.368. The number of halogens is 1. The Balaban J connectivity index is 1.91. The number of benzene rings is 1. The minimum absolute atomic E-state index is 0.0513. The molecule has 0 unspecified atom stereocenters. The van der Waals surface area contributed by atoms with Crippen LogP contribution in [0, 0.1) is 5.82 Å². The standard InChI is InChI=1S/C11H11FN4O/c12-10-4-2-1-3-8(10)5-11(17)16-6-9(7-16)14-15-13/h1-4,9H,5-7H2. The van der Waals surface area contributed by atoms with E-state index < -0.39 is 0 Å². The maximum Gasteiger partial charge on any atom is 0.227 e. The Kier molecular flexibility index (Phi) is 3.25. The minimum Gasteiger partial charge on any atom is -0.341 e. The zero-order valence-corrected chi connectivity index (χ0v) is 9.08. The van der Waals surface area contributed by atoms with E-state index in [2.05, 4.69) is 10.0 Å². The van der Waals surface area contributed by atoms with Crippen LogP contribution in [0.3, 0.4) is 0 Å². The highest BCUT2D eigenvalue weighted by Crippen LogP contribution is 2.15. The van der Waals surface area contributed by atoms with Crippen molar-refractivity contribution in [1.29, 1.82) is 0 Å². The van der Waals surface area contributed by atoms with Gasteiger partial charge in [0, 0.05) is 18.0 Å². The van der Waals surface area contributed by atoms with Crippen molar-refractivity contribution >= 4 is 5.91 Å². The summed E-state index contributed by atoms with van der Waals surface area (Å²) in [4.78, 5) is 16.0. The Hall–Kier alpha value is -2.07. The van der Waals surface area contributed by atoms with Crippen LogP contribution in [-0.4, -0.2) is 29.9 Å². The third-order valence-electron chi connectivity index (χ3n) is 2.73. The SMILES string of the molecule is [N-]=[N+]=NC1CN(C(=O)Cc2ccccc2F)C1. The van der Waals surface area contributed by atoms with Gasteiger partial charge in [0.1, 0.15) is 5.82 Å². The maximum absolute atomic E-state index is 13.3. The molecule has 0 radical (unpaired) electrons. The number of hydrogen-bond acceptors (Lipinski definition) is 2.